The SMILES string of the molecule is O=C(NC(=O)C1CCC1)c1ccc2c(c1)OC(O)C(c1ccccc1)NC2. The van der Waals surface area contributed by atoms with Crippen molar-refractivity contribution in [2.24, 2.45) is 5.92 Å². The molecule has 6 heteroatoms. The Morgan fingerprint density at radius 2 is 1.89 bits per heavy atom. The van der Waals surface area contributed by atoms with Gasteiger partial charge >= 0.3 is 0 Å². The van der Waals surface area contributed by atoms with Crippen LogP contribution < -0.4 is 15.4 Å². The summed E-state index contributed by atoms with van der Waals surface area (Å²) in [5.41, 5.74) is 2.10. The minimum absolute atomic E-state index is 0.0521. The molecule has 2 amide bonds. The quantitative estimate of drug-likeness (QED) is 0.726. The lowest BCUT2D eigenvalue weighted by Gasteiger charge is -2.23. The molecule has 1 fully saturated rings. The Labute approximate surface area is 157 Å². The van der Waals surface area contributed by atoms with Gasteiger partial charge in [-0.2, -0.15) is 0 Å². The van der Waals surface area contributed by atoms with Gasteiger partial charge in [-0.05, 0) is 30.5 Å². The van der Waals surface area contributed by atoms with E-state index in [1.54, 1.807) is 18.2 Å². The first-order valence-corrected chi connectivity index (χ1v) is 9.23. The lowest BCUT2D eigenvalue weighted by Crippen LogP contribution is -2.38. The second-order valence-electron chi connectivity index (χ2n) is 7.05. The van der Waals surface area contributed by atoms with E-state index in [2.05, 4.69) is 10.6 Å². The van der Waals surface area contributed by atoms with Crippen molar-refractivity contribution in [2.75, 3.05) is 0 Å². The molecule has 2 unspecified atom stereocenters. The van der Waals surface area contributed by atoms with Crippen molar-refractivity contribution in [2.45, 2.75) is 38.1 Å². The highest BCUT2D eigenvalue weighted by Gasteiger charge is 2.29. The van der Waals surface area contributed by atoms with Crippen molar-refractivity contribution in [3.05, 3.63) is 65.2 Å². The van der Waals surface area contributed by atoms with Gasteiger partial charge in [-0.25, -0.2) is 0 Å². The number of imide groups is 1. The lowest BCUT2D eigenvalue weighted by molar-refractivity contribution is -0.126. The van der Waals surface area contributed by atoms with Crippen LogP contribution >= 0.6 is 0 Å². The fraction of sp³-hybridized carbons (Fsp3) is 0.333. The van der Waals surface area contributed by atoms with E-state index in [0.29, 0.717) is 17.9 Å². The standard InChI is InChI=1S/C21H22N2O4/c24-19(14-7-4-8-14)23-20(25)15-9-10-16-12-22-18(13-5-2-1-3-6-13)21(26)27-17(16)11-15/h1-3,5-6,9-11,14,18,21-22,26H,4,7-8,12H2,(H,23,24,25). The highest BCUT2D eigenvalue weighted by molar-refractivity contribution is 6.05. The predicted octanol–water partition coefficient (Wildman–Crippen LogP) is 2.28. The Bertz CT molecular complexity index is 849. The van der Waals surface area contributed by atoms with Gasteiger partial charge in [0.1, 0.15) is 5.75 Å². The molecule has 1 aliphatic heterocycles. The Balaban J connectivity index is 1.50. The number of hydrogen-bond donors (Lipinski definition) is 3. The molecule has 2 aliphatic rings. The van der Waals surface area contributed by atoms with Gasteiger partial charge in [0.15, 0.2) is 0 Å². The molecule has 2 aromatic carbocycles. The van der Waals surface area contributed by atoms with Crippen LogP contribution in [0.5, 0.6) is 5.75 Å². The normalized spacial score (nSPS) is 22.0. The number of amides is 2. The Morgan fingerprint density at radius 1 is 1.11 bits per heavy atom. The molecule has 0 aromatic heterocycles. The minimum Gasteiger partial charge on any atom is -0.463 e. The monoisotopic (exact) mass is 366 g/mol. The molecule has 6 nitrogen and oxygen atoms in total. The summed E-state index contributed by atoms with van der Waals surface area (Å²) in [4.78, 5) is 24.4. The van der Waals surface area contributed by atoms with Gasteiger partial charge in [0, 0.05) is 23.6 Å². The number of benzene rings is 2. The van der Waals surface area contributed by atoms with Crippen LogP contribution in [0.1, 0.15) is 46.8 Å². The zero-order chi connectivity index (χ0) is 18.8. The molecule has 1 heterocycles. The van der Waals surface area contributed by atoms with Crippen LogP contribution in [0.25, 0.3) is 0 Å². The zero-order valence-electron chi connectivity index (χ0n) is 14.9. The number of aliphatic hydroxyl groups excluding tert-OH is 1. The van der Waals surface area contributed by atoms with Gasteiger partial charge in [-0.15, -0.1) is 0 Å². The molecule has 1 aliphatic carbocycles. The van der Waals surface area contributed by atoms with Crippen molar-refractivity contribution < 1.29 is 19.4 Å². The third-order valence-electron chi connectivity index (χ3n) is 5.25. The Morgan fingerprint density at radius 3 is 2.59 bits per heavy atom. The molecule has 2 aromatic rings. The first kappa shape index (κ1) is 17.7. The van der Waals surface area contributed by atoms with Crippen LogP contribution in [-0.2, 0) is 11.3 Å². The van der Waals surface area contributed by atoms with Crippen molar-refractivity contribution >= 4 is 11.8 Å². The van der Waals surface area contributed by atoms with E-state index in [1.165, 1.54) is 0 Å². The molecule has 0 bridgehead atoms. The van der Waals surface area contributed by atoms with E-state index in [4.69, 9.17) is 4.74 Å². The molecule has 27 heavy (non-hydrogen) atoms. The summed E-state index contributed by atoms with van der Waals surface area (Å²) >= 11 is 0. The van der Waals surface area contributed by atoms with Gasteiger partial charge in [0.25, 0.3) is 5.91 Å². The summed E-state index contributed by atoms with van der Waals surface area (Å²) in [5, 5.41) is 16.2. The summed E-state index contributed by atoms with van der Waals surface area (Å²) in [7, 11) is 0. The zero-order valence-corrected chi connectivity index (χ0v) is 14.9. The number of hydrogen-bond acceptors (Lipinski definition) is 5. The third kappa shape index (κ3) is 3.72. The largest absolute Gasteiger partial charge is 0.463 e. The van der Waals surface area contributed by atoms with Gasteiger partial charge in [-0.3, -0.25) is 14.9 Å². The summed E-state index contributed by atoms with van der Waals surface area (Å²) < 4.78 is 5.73. The highest BCUT2D eigenvalue weighted by atomic mass is 16.6. The number of rotatable bonds is 3. The molecule has 2 atom stereocenters. The van der Waals surface area contributed by atoms with E-state index >= 15 is 0 Å². The maximum absolute atomic E-state index is 12.4. The smallest absolute Gasteiger partial charge is 0.257 e. The van der Waals surface area contributed by atoms with Crippen LogP contribution in [0.15, 0.2) is 48.5 Å². The molecular weight excluding hydrogens is 344 g/mol. The molecular formula is C21H22N2O4. The van der Waals surface area contributed by atoms with E-state index in [0.717, 1.165) is 30.4 Å². The fourth-order valence-corrected chi connectivity index (χ4v) is 3.37. The van der Waals surface area contributed by atoms with Crippen LogP contribution in [0.2, 0.25) is 0 Å². The van der Waals surface area contributed by atoms with Crippen LogP contribution in [0, 0.1) is 5.92 Å². The van der Waals surface area contributed by atoms with Gasteiger partial charge < -0.3 is 15.2 Å². The second-order valence-corrected chi connectivity index (χ2v) is 7.05. The van der Waals surface area contributed by atoms with Crippen molar-refractivity contribution in [3.8, 4) is 5.75 Å². The van der Waals surface area contributed by atoms with Gasteiger partial charge in [0.05, 0.1) is 6.04 Å². The van der Waals surface area contributed by atoms with E-state index in [-0.39, 0.29) is 17.9 Å². The van der Waals surface area contributed by atoms with Crippen molar-refractivity contribution in [1.82, 2.24) is 10.6 Å². The van der Waals surface area contributed by atoms with Crippen LogP contribution in [-0.4, -0.2) is 23.2 Å². The molecule has 0 spiro atoms. The first-order valence-electron chi connectivity index (χ1n) is 9.23. The van der Waals surface area contributed by atoms with Crippen LogP contribution in [0.3, 0.4) is 0 Å². The number of aliphatic hydroxyl groups is 1. The van der Waals surface area contributed by atoms with Gasteiger partial charge in [-0.1, -0.05) is 42.8 Å². The highest BCUT2D eigenvalue weighted by Crippen LogP contribution is 2.30. The maximum atomic E-state index is 12.4. The number of nitrogens with one attached hydrogen (secondary N) is 2. The second kappa shape index (κ2) is 7.50. The van der Waals surface area contributed by atoms with Crippen molar-refractivity contribution in [3.63, 3.8) is 0 Å². The first-order chi connectivity index (χ1) is 13.1. The molecule has 1 saturated carbocycles. The maximum Gasteiger partial charge on any atom is 0.257 e. The predicted molar refractivity (Wildman–Crippen MR) is 98.9 cm³/mol. The fourth-order valence-electron chi connectivity index (χ4n) is 3.37. The summed E-state index contributed by atoms with van der Waals surface area (Å²) in [6.07, 6.45) is 1.62. The summed E-state index contributed by atoms with van der Waals surface area (Å²) in [6.45, 7) is 0.495. The van der Waals surface area contributed by atoms with E-state index in [1.807, 2.05) is 30.3 Å². The van der Waals surface area contributed by atoms with E-state index < -0.39 is 12.2 Å². The molecule has 0 radical (unpaired) electrons. The van der Waals surface area contributed by atoms with Gasteiger partial charge in [0.2, 0.25) is 12.2 Å². The van der Waals surface area contributed by atoms with Crippen LogP contribution in [0.4, 0.5) is 0 Å². The number of carbonyl (C=O) groups is 2. The average molecular weight is 366 g/mol. The molecule has 4 rings (SSSR count). The molecule has 3 N–H and O–H groups in total. The average Bonchev–Trinajstić information content (AvgIpc) is 2.78. The number of fused-ring (bicyclic) bond motifs is 1. The third-order valence-corrected chi connectivity index (χ3v) is 5.25. The number of carbonyl (C=O) groups excluding carboxylic acids is 2. The lowest BCUT2D eigenvalue weighted by atomic mass is 9.85. The minimum atomic E-state index is -1.09. The molecule has 0 saturated heterocycles. The van der Waals surface area contributed by atoms with E-state index in [9.17, 15) is 14.7 Å². The molecule has 140 valence electrons. The summed E-state index contributed by atoms with van der Waals surface area (Å²) in [6, 6.07) is 14.2. The Kier molecular flexibility index (Phi) is 4.92. The van der Waals surface area contributed by atoms with Crippen molar-refractivity contribution in [1.29, 1.82) is 0 Å². The number of ether oxygens (including phenoxy) is 1. The Hall–Kier alpha value is -2.70. The topological polar surface area (TPSA) is 87.7 Å². The summed E-state index contributed by atoms with van der Waals surface area (Å²) in [5.74, 6) is -0.265.